The predicted molar refractivity (Wildman–Crippen MR) is 105 cm³/mol. The molecule has 0 aliphatic rings. The molecule has 24 heavy (non-hydrogen) atoms. The lowest BCUT2D eigenvalue weighted by atomic mass is 10.0. The molecule has 0 amide bonds. The Labute approximate surface area is 151 Å². The molecule has 0 aliphatic carbocycles. The van der Waals surface area contributed by atoms with Crippen molar-refractivity contribution in [1.29, 1.82) is 0 Å². The van der Waals surface area contributed by atoms with Gasteiger partial charge in [0.05, 0.1) is 13.1 Å². The summed E-state index contributed by atoms with van der Waals surface area (Å²) >= 11 is 0. The summed E-state index contributed by atoms with van der Waals surface area (Å²) in [5, 5.41) is 0. The zero-order valence-corrected chi connectivity index (χ0v) is 16.9. The van der Waals surface area contributed by atoms with Crippen LogP contribution in [0.2, 0.25) is 0 Å². The van der Waals surface area contributed by atoms with Crippen molar-refractivity contribution in [3.8, 4) is 0 Å². The Hall–Kier alpha value is -0.790. The molecule has 1 aromatic heterocycles. The topological polar surface area (TPSA) is 8.81 Å². The number of nitrogens with zero attached hydrogens (tertiary/aromatic N) is 2. The number of imidazole rings is 1. The van der Waals surface area contributed by atoms with Gasteiger partial charge in [-0.2, -0.15) is 0 Å². The second-order valence-corrected chi connectivity index (χ2v) is 7.33. The normalized spacial score (nSPS) is 11.3. The van der Waals surface area contributed by atoms with Gasteiger partial charge >= 0.3 is 0 Å². The molecule has 0 radical (unpaired) electrons. The van der Waals surface area contributed by atoms with E-state index in [1.165, 1.54) is 102 Å². The van der Waals surface area contributed by atoms with Gasteiger partial charge < -0.3 is 0 Å². The van der Waals surface area contributed by atoms with Crippen LogP contribution in [0.4, 0.5) is 0 Å². The maximum atomic E-state index is 2.46. The fraction of sp³-hybridized carbons (Fsp3) is 0.864. The van der Waals surface area contributed by atoms with E-state index in [4.69, 9.17) is 0 Å². The van der Waals surface area contributed by atoms with Gasteiger partial charge in [-0.25, -0.2) is 9.13 Å². The summed E-state index contributed by atoms with van der Waals surface area (Å²) in [5.74, 6) is 1.53. The molecule has 140 valence electrons. The van der Waals surface area contributed by atoms with Crippen LogP contribution in [0, 0.1) is 0 Å². The van der Waals surface area contributed by atoms with Crippen LogP contribution >= 0.6 is 0 Å². The molecule has 2 nitrogen and oxygen atoms in total. The van der Waals surface area contributed by atoms with E-state index in [1.54, 1.807) is 0 Å². The maximum Gasteiger partial charge on any atom is 0.256 e. The van der Waals surface area contributed by atoms with Gasteiger partial charge in [0.25, 0.3) is 5.82 Å². The molecule has 0 saturated heterocycles. The van der Waals surface area contributed by atoms with Gasteiger partial charge in [0.2, 0.25) is 0 Å². The fourth-order valence-electron chi connectivity index (χ4n) is 3.64. The van der Waals surface area contributed by atoms with Gasteiger partial charge in [-0.15, -0.1) is 0 Å². The van der Waals surface area contributed by atoms with Crippen LogP contribution in [-0.2, 0) is 19.5 Å². The molecular formula is C22H43N2+. The predicted octanol–water partition coefficient (Wildman–Crippen LogP) is 6.45. The van der Waals surface area contributed by atoms with Crippen LogP contribution in [0.1, 0.15) is 110 Å². The van der Waals surface area contributed by atoms with E-state index in [9.17, 15) is 0 Å². The minimum Gasteiger partial charge on any atom is -0.235 e. The molecule has 0 unspecified atom stereocenters. The van der Waals surface area contributed by atoms with Crippen molar-refractivity contribution in [2.75, 3.05) is 0 Å². The Kier molecular flexibility index (Phi) is 12.9. The molecule has 0 saturated carbocycles. The standard InChI is InChI=1S/C22H43N2/c1-4-7-8-9-10-11-12-13-14-15-16-17-18-22-23(6-3)20-21-24(22)19-5-2/h20-21H,4-19H2,1-3H3/q+1. The Bertz CT molecular complexity index is 395. The van der Waals surface area contributed by atoms with Crippen LogP contribution in [-0.4, -0.2) is 4.57 Å². The van der Waals surface area contributed by atoms with Crippen LogP contribution in [0.15, 0.2) is 12.4 Å². The molecule has 0 atom stereocenters. The molecule has 0 aromatic carbocycles. The van der Waals surface area contributed by atoms with Crippen molar-refractivity contribution < 1.29 is 4.57 Å². The van der Waals surface area contributed by atoms with E-state index in [0.717, 1.165) is 6.54 Å². The van der Waals surface area contributed by atoms with Gasteiger partial charge in [-0.1, -0.05) is 84.5 Å². The van der Waals surface area contributed by atoms with Gasteiger partial charge in [-0.05, 0) is 19.8 Å². The van der Waals surface area contributed by atoms with Gasteiger partial charge in [-0.3, -0.25) is 0 Å². The fourth-order valence-corrected chi connectivity index (χ4v) is 3.64. The van der Waals surface area contributed by atoms with Crippen molar-refractivity contribution in [3.63, 3.8) is 0 Å². The van der Waals surface area contributed by atoms with Crippen LogP contribution in [0.5, 0.6) is 0 Å². The summed E-state index contributed by atoms with van der Waals surface area (Å²) in [6, 6.07) is 0. The summed E-state index contributed by atoms with van der Waals surface area (Å²) in [6.45, 7) is 9.08. The van der Waals surface area contributed by atoms with E-state index in [2.05, 4.69) is 42.3 Å². The minimum absolute atomic E-state index is 1.10. The lowest BCUT2D eigenvalue weighted by Gasteiger charge is -2.04. The summed E-state index contributed by atoms with van der Waals surface area (Å²) < 4.78 is 4.89. The van der Waals surface area contributed by atoms with Gasteiger partial charge in [0.15, 0.2) is 0 Å². The first-order valence-electron chi connectivity index (χ1n) is 10.9. The lowest BCUT2D eigenvalue weighted by Crippen LogP contribution is -2.37. The van der Waals surface area contributed by atoms with Crippen molar-refractivity contribution in [3.05, 3.63) is 18.2 Å². The third kappa shape index (κ3) is 8.89. The van der Waals surface area contributed by atoms with Crippen LogP contribution in [0.25, 0.3) is 0 Å². The summed E-state index contributed by atoms with van der Waals surface area (Å²) in [5.41, 5.74) is 0. The number of aromatic nitrogens is 2. The first-order valence-corrected chi connectivity index (χ1v) is 10.9. The Morgan fingerprint density at radius 3 is 1.75 bits per heavy atom. The summed E-state index contributed by atoms with van der Waals surface area (Å²) in [6.07, 6.45) is 24.2. The van der Waals surface area contributed by atoms with Gasteiger partial charge in [0.1, 0.15) is 12.4 Å². The minimum atomic E-state index is 1.10. The second kappa shape index (κ2) is 14.5. The number of hydrogen-bond acceptors (Lipinski definition) is 0. The highest BCUT2D eigenvalue weighted by Gasteiger charge is 2.14. The van der Waals surface area contributed by atoms with Gasteiger partial charge in [0, 0.05) is 6.42 Å². The Morgan fingerprint density at radius 1 is 0.708 bits per heavy atom. The molecule has 1 aromatic rings. The highest BCUT2D eigenvalue weighted by atomic mass is 15.1. The number of hydrogen-bond donors (Lipinski definition) is 0. The summed E-state index contributed by atoms with van der Waals surface area (Å²) in [4.78, 5) is 0. The number of rotatable bonds is 16. The first-order chi connectivity index (χ1) is 11.8. The first kappa shape index (κ1) is 21.3. The zero-order valence-electron chi connectivity index (χ0n) is 16.9. The highest BCUT2D eigenvalue weighted by Crippen LogP contribution is 2.13. The van der Waals surface area contributed by atoms with Crippen LogP contribution < -0.4 is 4.57 Å². The molecule has 0 spiro atoms. The average Bonchev–Trinajstić information content (AvgIpc) is 2.98. The van der Waals surface area contributed by atoms with Crippen molar-refractivity contribution in [1.82, 2.24) is 4.57 Å². The van der Waals surface area contributed by atoms with E-state index in [0.29, 0.717) is 0 Å². The van der Waals surface area contributed by atoms with E-state index in [1.807, 2.05) is 0 Å². The quantitative estimate of drug-likeness (QED) is 0.242. The molecule has 1 heterocycles. The van der Waals surface area contributed by atoms with E-state index >= 15 is 0 Å². The Balaban J connectivity index is 2.01. The lowest BCUT2D eigenvalue weighted by molar-refractivity contribution is -0.703. The zero-order chi connectivity index (χ0) is 17.5. The molecule has 0 fully saturated rings. The highest BCUT2D eigenvalue weighted by molar-refractivity contribution is 4.83. The van der Waals surface area contributed by atoms with Crippen LogP contribution in [0.3, 0.4) is 0 Å². The molecule has 0 N–H and O–H groups in total. The molecule has 0 bridgehead atoms. The molecule has 0 aliphatic heterocycles. The number of aryl methyl sites for hydroxylation is 2. The van der Waals surface area contributed by atoms with E-state index in [-0.39, 0.29) is 0 Å². The molecule has 2 heteroatoms. The van der Waals surface area contributed by atoms with E-state index < -0.39 is 0 Å². The SMILES string of the molecule is CCCCCCCCCCCCCCc1n(CC)cc[n+]1CCC. The average molecular weight is 336 g/mol. The van der Waals surface area contributed by atoms with Crippen molar-refractivity contribution >= 4 is 0 Å². The molecular weight excluding hydrogens is 292 g/mol. The van der Waals surface area contributed by atoms with Crippen molar-refractivity contribution in [2.24, 2.45) is 0 Å². The monoisotopic (exact) mass is 335 g/mol. The molecule has 1 rings (SSSR count). The largest absolute Gasteiger partial charge is 0.256 e. The number of unbranched alkanes of at least 4 members (excludes halogenated alkanes) is 11. The smallest absolute Gasteiger partial charge is 0.235 e. The maximum absolute atomic E-state index is 2.46. The third-order valence-corrected chi connectivity index (χ3v) is 5.15. The Morgan fingerprint density at radius 2 is 1.25 bits per heavy atom. The summed E-state index contributed by atoms with van der Waals surface area (Å²) in [7, 11) is 0. The van der Waals surface area contributed by atoms with Crippen molar-refractivity contribution in [2.45, 2.75) is 124 Å². The second-order valence-electron chi connectivity index (χ2n) is 7.33. The third-order valence-electron chi connectivity index (χ3n) is 5.15.